The molecule has 0 aliphatic heterocycles. The Balaban J connectivity index is 2.07. The summed E-state index contributed by atoms with van der Waals surface area (Å²) in [6.45, 7) is 5.97. The van der Waals surface area contributed by atoms with Crippen molar-refractivity contribution in [1.82, 2.24) is 10.2 Å². The Morgan fingerprint density at radius 1 is 1.10 bits per heavy atom. The van der Waals surface area contributed by atoms with Crippen LogP contribution in [0.5, 0.6) is 5.75 Å². The molecule has 0 spiro atoms. The Morgan fingerprint density at radius 3 is 2.48 bits per heavy atom. The van der Waals surface area contributed by atoms with E-state index in [1.807, 2.05) is 44.2 Å². The molecule has 0 fully saturated rings. The van der Waals surface area contributed by atoms with Crippen molar-refractivity contribution in [2.75, 3.05) is 13.2 Å². The fourth-order valence-corrected chi connectivity index (χ4v) is 3.00. The summed E-state index contributed by atoms with van der Waals surface area (Å²) in [6, 6.07) is 16.3. The zero-order valence-corrected chi connectivity index (χ0v) is 18.0. The predicted octanol–water partition coefficient (Wildman–Crippen LogP) is 4.09. The highest BCUT2D eigenvalue weighted by Crippen LogP contribution is 2.17. The maximum Gasteiger partial charge on any atom is 0.261 e. The molecule has 0 aromatic heterocycles. The molecule has 2 atom stereocenters. The van der Waals surface area contributed by atoms with Crippen molar-refractivity contribution < 1.29 is 14.3 Å². The van der Waals surface area contributed by atoms with Gasteiger partial charge < -0.3 is 15.0 Å². The van der Waals surface area contributed by atoms with Crippen LogP contribution in [0.15, 0.2) is 54.6 Å². The van der Waals surface area contributed by atoms with Crippen LogP contribution in [-0.2, 0) is 16.0 Å². The van der Waals surface area contributed by atoms with Crippen LogP contribution in [0.1, 0.15) is 32.8 Å². The zero-order valence-electron chi connectivity index (χ0n) is 17.2. The van der Waals surface area contributed by atoms with Crippen molar-refractivity contribution in [1.29, 1.82) is 0 Å². The van der Waals surface area contributed by atoms with Crippen LogP contribution in [0.25, 0.3) is 0 Å². The smallest absolute Gasteiger partial charge is 0.261 e. The van der Waals surface area contributed by atoms with Gasteiger partial charge in [-0.1, -0.05) is 54.9 Å². The second kappa shape index (κ2) is 11.5. The molecule has 6 heteroatoms. The summed E-state index contributed by atoms with van der Waals surface area (Å²) >= 11 is 5.97. The minimum absolute atomic E-state index is 0.0544. The van der Waals surface area contributed by atoms with Crippen molar-refractivity contribution in [2.45, 2.75) is 45.7 Å². The molecule has 2 amide bonds. The van der Waals surface area contributed by atoms with Gasteiger partial charge in [0, 0.05) is 17.6 Å². The molecule has 0 bridgehead atoms. The van der Waals surface area contributed by atoms with Gasteiger partial charge in [0.1, 0.15) is 11.8 Å². The van der Waals surface area contributed by atoms with E-state index in [0.29, 0.717) is 23.7 Å². The lowest BCUT2D eigenvalue weighted by Crippen LogP contribution is -2.51. The molecule has 0 heterocycles. The molecule has 0 aliphatic rings. The molecule has 2 unspecified atom stereocenters. The number of ether oxygens (including phenoxy) is 1. The average Bonchev–Trinajstić information content (AvgIpc) is 2.72. The number of carbonyl (C=O) groups excluding carboxylic acids is 2. The molecule has 0 saturated carbocycles. The van der Waals surface area contributed by atoms with E-state index in [9.17, 15) is 9.59 Å². The molecule has 2 rings (SSSR count). The summed E-state index contributed by atoms with van der Waals surface area (Å²) in [5.41, 5.74) is 1.11. The number of carbonyl (C=O) groups is 2. The van der Waals surface area contributed by atoms with E-state index >= 15 is 0 Å². The number of hydrogen-bond donors (Lipinski definition) is 1. The normalized spacial score (nSPS) is 12.7. The molecule has 1 N–H and O–H groups in total. The van der Waals surface area contributed by atoms with Crippen LogP contribution in [0.4, 0.5) is 0 Å². The van der Waals surface area contributed by atoms with Crippen LogP contribution in [0, 0.1) is 0 Å². The van der Waals surface area contributed by atoms with Crippen LogP contribution in [0.3, 0.4) is 0 Å². The first-order valence-corrected chi connectivity index (χ1v) is 10.3. The van der Waals surface area contributed by atoms with E-state index in [4.69, 9.17) is 16.3 Å². The van der Waals surface area contributed by atoms with Gasteiger partial charge in [-0.05, 0) is 50.5 Å². The van der Waals surface area contributed by atoms with E-state index in [0.717, 1.165) is 12.0 Å². The van der Waals surface area contributed by atoms with Gasteiger partial charge in [-0.3, -0.25) is 9.59 Å². The highest BCUT2D eigenvalue weighted by molar-refractivity contribution is 6.30. The minimum atomic E-state index is -0.594. The molecular formula is C23H29ClN2O3. The molecule has 2 aromatic rings. The van der Waals surface area contributed by atoms with Crippen molar-refractivity contribution in [3.05, 3.63) is 65.2 Å². The number of benzene rings is 2. The number of nitrogens with one attached hydrogen (secondary N) is 1. The van der Waals surface area contributed by atoms with Crippen LogP contribution in [0.2, 0.25) is 5.02 Å². The first kappa shape index (κ1) is 22.8. The van der Waals surface area contributed by atoms with Gasteiger partial charge in [-0.2, -0.15) is 0 Å². The Bertz CT molecular complexity index is 798. The highest BCUT2D eigenvalue weighted by Gasteiger charge is 2.26. The SMILES string of the molecule is CCC(C)NC(=O)C(C)N(CCc1ccccc1)C(=O)COc1cccc(Cl)c1. The van der Waals surface area contributed by atoms with Gasteiger partial charge in [-0.25, -0.2) is 0 Å². The number of halogens is 1. The fraction of sp³-hybridized carbons (Fsp3) is 0.391. The maximum absolute atomic E-state index is 12.9. The van der Waals surface area contributed by atoms with Gasteiger partial charge in [0.05, 0.1) is 0 Å². The lowest BCUT2D eigenvalue weighted by molar-refractivity contribution is -0.141. The van der Waals surface area contributed by atoms with Crippen molar-refractivity contribution in [3.63, 3.8) is 0 Å². The Morgan fingerprint density at radius 2 is 1.83 bits per heavy atom. The molecule has 0 saturated heterocycles. The summed E-state index contributed by atoms with van der Waals surface area (Å²) in [5.74, 6) is 0.113. The molecule has 29 heavy (non-hydrogen) atoms. The van der Waals surface area contributed by atoms with E-state index in [1.165, 1.54) is 0 Å². The van der Waals surface area contributed by atoms with Crippen molar-refractivity contribution in [3.8, 4) is 5.75 Å². The number of amides is 2. The third-order valence-corrected chi connectivity index (χ3v) is 5.05. The van der Waals surface area contributed by atoms with Gasteiger partial charge in [0.25, 0.3) is 5.91 Å². The first-order valence-electron chi connectivity index (χ1n) is 9.92. The molecule has 0 radical (unpaired) electrons. The monoisotopic (exact) mass is 416 g/mol. The molecular weight excluding hydrogens is 388 g/mol. The number of hydrogen-bond acceptors (Lipinski definition) is 3. The fourth-order valence-electron chi connectivity index (χ4n) is 2.82. The summed E-state index contributed by atoms with van der Waals surface area (Å²) in [6.07, 6.45) is 1.49. The van der Waals surface area contributed by atoms with E-state index in [-0.39, 0.29) is 24.5 Å². The summed E-state index contributed by atoms with van der Waals surface area (Å²) in [7, 11) is 0. The second-order valence-corrected chi connectivity index (χ2v) is 7.50. The second-order valence-electron chi connectivity index (χ2n) is 7.06. The van der Waals surface area contributed by atoms with E-state index in [1.54, 1.807) is 36.1 Å². The third kappa shape index (κ3) is 7.42. The quantitative estimate of drug-likeness (QED) is 0.634. The molecule has 0 aliphatic carbocycles. The van der Waals surface area contributed by atoms with Gasteiger partial charge in [0.2, 0.25) is 5.91 Å². The summed E-state index contributed by atoms with van der Waals surface area (Å²) in [5, 5.41) is 3.49. The molecule has 156 valence electrons. The minimum Gasteiger partial charge on any atom is -0.484 e. The first-order chi connectivity index (χ1) is 13.9. The van der Waals surface area contributed by atoms with Gasteiger partial charge in [-0.15, -0.1) is 0 Å². The predicted molar refractivity (Wildman–Crippen MR) is 116 cm³/mol. The maximum atomic E-state index is 12.9. The van der Waals surface area contributed by atoms with E-state index in [2.05, 4.69) is 5.32 Å². The van der Waals surface area contributed by atoms with Gasteiger partial charge in [0.15, 0.2) is 6.61 Å². The van der Waals surface area contributed by atoms with Crippen LogP contribution < -0.4 is 10.1 Å². The third-order valence-electron chi connectivity index (χ3n) is 4.81. The van der Waals surface area contributed by atoms with Crippen LogP contribution >= 0.6 is 11.6 Å². The van der Waals surface area contributed by atoms with Crippen LogP contribution in [-0.4, -0.2) is 41.9 Å². The van der Waals surface area contributed by atoms with Crippen molar-refractivity contribution >= 4 is 23.4 Å². The van der Waals surface area contributed by atoms with Crippen molar-refractivity contribution in [2.24, 2.45) is 0 Å². The lowest BCUT2D eigenvalue weighted by atomic mass is 10.1. The zero-order chi connectivity index (χ0) is 21.2. The highest BCUT2D eigenvalue weighted by atomic mass is 35.5. The average molecular weight is 417 g/mol. The topological polar surface area (TPSA) is 58.6 Å². The largest absolute Gasteiger partial charge is 0.484 e. The Labute approximate surface area is 178 Å². The molecule has 2 aromatic carbocycles. The summed E-state index contributed by atoms with van der Waals surface area (Å²) in [4.78, 5) is 27.1. The van der Waals surface area contributed by atoms with E-state index < -0.39 is 6.04 Å². The summed E-state index contributed by atoms with van der Waals surface area (Å²) < 4.78 is 5.61. The number of rotatable bonds is 10. The molecule has 5 nitrogen and oxygen atoms in total. The Hall–Kier alpha value is -2.53. The number of nitrogens with zero attached hydrogens (tertiary/aromatic N) is 1. The standard InChI is InChI=1S/C23H29ClN2O3/c1-4-17(2)25-23(28)18(3)26(14-13-19-9-6-5-7-10-19)22(27)16-29-21-12-8-11-20(24)15-21/h5-12,15,17-18H,4,13-14,16H2,1-3H3,(H,25,28). The lowest BCUT2D eigenvalue weighted by Gasteiger charge is -2.29. The van der Waals surface area contributed by atoms with Gasteiger partial charge >= 0.3 is 0 Å². The Kier molecular flexibility index (Phi) is 9.00.